The summed E-state index contributed by atoms with van der Waals surface area (Å²) in [7, 11) is -3.57. The van der Waals surface area contributed by atoms with Crippen LogP contribution in [0, 0.1) is 0 Å². The second-order valence-corrected chi connectivity index (χ2v) is 6.66. The molecular weight excluding hydrogens is 377 g/mol. The first-order chi connectivity index (χ1) is 9.63. The molecule has 0 aromatic heterocycles. The molecule has 0 aliphatic rings. The molecule has 2 N–H and O–H groups in total. The van der Waals surface area contributed by atoms with Gasteiger partial charge in [-0.15, -0.1) is 13.2 Å². The second kappa shape index (κ2) is 7.32. The van der Waals surface area contributed by atoms with E-state index in [0.29, 0.717) is 6.54 Å². The maximum absolute atomic E-state index is 12.1. The molecule has 0 saturated carbocycles. The molecule has 0 unspecified atom stereocenters. The average Bonchev–Trinajstić information content (AvgIpc) is 2.31. The number of sulfonamides is 1. The number of benzene rings is 1. The highest BCUT2D eigenvalue weighted by atomic mass is 79.9. The van der Waals surface area contributed by atoms with Crippen LogP contribution in [0.2, 0.25) is 0 Å². The number of nitrogens with one attached hydrogen (secondary N) is 2. The third-order valence-electron chi connectivity index (χ3n) is 2.23. The summed E-state index contributed by atoms with van der Waals surface area (Å²) in [6, 6.07) is 3.42. The van der Waals surface area contributed by atoms with Crippen molar-refractivity contribution in [3.8, 4) is 5.75 Å². The Bertz CT molecular complexity index is 579. The fourth-order valence-electron chi connectivity index (χ4n) is 1.39. The zero-order chi connectivity index (χ0) is 16.1. The third kappa shape index (κ3) is 7.00. The fraction of sp³-hybridized carbons (Fsp3) is 0.455. The lowest BCUT2D eigenvalue weighted by Gasteiger charge is -2.13. The van der Waals surface area contributed by atoms with Gasteiger partial charge in [0.15, 0.2) is 0 Å². The van der Waals surface area contributed by atoms with Crippen LogP contribution in [0.4, 0.5) is 18.9 Å². The van der Waals surface area contributed by atoms with Crippen molar-refractivity contribution < 1.29 is 26.3 Å². The van der Waals surface area contributed by atoms with Gasteiger partial charge in [0.2, 0.25) is 10.0 Å². The summed E-state index contributed by atoms with van der Waals surface area (Å²) in [5, 5.41) is 2.86. The molecule has 21 heavy (non-hydrogen) atoms. The Morgan fingerprint density at radius 2 is 2.00 bits per heavy atom. The summed E-state index contributed by atoms with van der Waals surface area (Å²) in [4.78, 5) is 0. The van der Waals surface area contributed by atoms with Gasteiger partial charge in [-0.1, -0.05) is 6.92 Å². The molecule has 5 nitrogen and oxygen atoms in total. The summed E-state index contributed by atoms with van der Waals surface area (Å²) in [6.07, 6.45) is -4.81. The molecule has 0 radical (unpaired) electrons. The van der Waals surface area contributed by atoms with Crippen molar-refractivity contribution in [2.45, 2.75) is 13.3 Å². The van der Waals surface area contributed by atoms with E-state index >= 15 is 0 Å². The lowest BCUT2D eigenvalue weighted by molar-refractivity contribution is -0.274. The molecule has 0 heterocycles. The minimum atomic E-state index is -4.81. The molecule has 10 heteroatoms. The predicted octanol–water partition coefficient (Wildman–Crippen LogP) is 2.70. The van der Waals surface area contributed by atoms with E-state index in [1.54, 1.807) is 0 Å². The molecule has 1 aromatic rings. The third-order valence-corrected chi connectivity index (χ3v) is 4.14. The maximum Gasteiger partial charge on any atom is 0.573 e. The van der Waals surface area contributed by atoms with Gasteiger partial charge < -0.3 is 10.1 Å². The molecule has 0 spiro atoms. The highest BCUT2D eigenvalue weighted by Crippen LogP contribution is 2.32. The second-order valence-electron chi connectivity index (χ2n) is 3.97. The smallest absolute Gasteiger partial charge is 0.405 e. The van der Waals surface area contributed by atoms with E-state index in [9.17, 15) is 21.6 Å². The van der Waals surface area contributed by atoms with Crippen LogP contribution in [0.3, 0.4) is 0 Å². The zero-order valence-electron chi connectivity index (χ0n) is 11.0. The van der Waals surface area contributed by atoms with Crippen LogP contribution in [0.5, 0.6) is 5.75 Å². The molecule has 0 bridgehead atoms. The highest BCUT2D eigenvalue weighted by molar-refractivity contribution is 9.10. The van der Waals surface area contributed by atoms with Crippen LogP contribution in [0.25, 0.3) is 0 Å². The lowest BCUT2D eigenvalue weighted by atomic mass is 10.3. The van der Waals surface area contributed by atoms with Crippen LogP contribution in [-0.4, -0.2) is 33.6 Å². The van der Waals surface area contributed by atoms with Gasteiger partial charge in [-0.3, -0.25) is 4.72 Å². The zero-order valence-corrected chi connectivity index (χ0v) is 13.4. The molecule has 0 aliphatic heterocycles. The van der Waals surface area contributed by atoms with Crippen molar-refractivity contribution in [2.24, 2.45) is 0 Å². The Labute approximate surface area is 129 Å². The minimum Gasteiger partial charge on any atom is -0.405 e. The lowest BCUT2D eigenvalue weighted by Crippen LogP contribution is -2.26. The summed E-state index contributed by atoms with van der Waals surface area (Å²) in [5.41, 5.74) is 0.146. The standard InChI is InChI=1S/C11H14BrF3N2O3S/c1-2-16-5-6-21(18,19)17-8-3-4-10(9(12)7-8)20-11(13,14)15/h3-4,7,16-17H,2,5-6H2,1H3. The first-order valence-electron chi connectivity index (χ1n) is 5.89. The SMILES string of the molecule is CCNCCS(=O)(=O)Nc1ccc(OC(F)(F)F)c(Br)c1. The summed E-state index contributed by atoms with van der Waals surface area (Å²) in [5.74, 6) is -0.586. The molecule has 0 saturated heterocycles. The van der Waals surface area contributed by atoms with Gasteiger partial charge in [-0.2, -0.15) is 0 Å². The Kier molecular flexibility index (Phi) is 6.29. The number of halogens is 4. The Balaban J connectivity index is 2.75. The maximum atomic E-state index is 12.1. The van der Waals surface area contributed by atoms with Crippen LogP contribution in [0.1, 0.15) is 6.92 Å². The number of anilines is 1. The van der Waals surface area contributed by atoms with Crippen molar-refractivity contribution in [3.63, 3.8) is 0 Å². The van der Waals surface area contributed by atoms with Gasteiger partial charge in [0.25, 0.3) is 0 Å². The van der Waals surface area contributed by atoms with Crippen molar-refractivity contribution in [2.75, 3.05) is 23.6 Å². The predicted molar refractivity (Wildman–Crippen MR) is 76.8 cm³/mol. The summed E-state index contributed by atoms with van der Waals surface area (Å²) < 4.78 is 65.8. The van der Waals surface area contributed by atoms with E-state index in [-0.39, 0.29) is 22.5 Å². The molecule has 1 rings (SSSR count). The van der Waals surface area contributed by atoms with E-state index in [1.165, 1.54) is 12.1 Å². The van der Waals surface area contributed by atoms with E-state index in [4.69, 9.17) is 0 Å². The normalized spacial score (nSPS) is 12.2. The van der Waals surface area contributed by atoms with Crippen molar-refractivity contribution in [1.29, 1.82) is 0 Å². The summed E-state index contributed by atoms with van der Waals surface area (Å²) in [6.45, 7) is 2.77. The van der Waals surface area contributed by atoms with Gasteiger partial charge in [0.1, 0.15) is 5.75 Å². The number of ether oxygens (including phenoxy) is 1. The van der Waals surface area contributed by atoms with Gasteiger partial charge in [-0.25, -0.2) is 8.42 Å². The van der Waals surface area contributed by atoms with Gasteiger partial charge in [0.05, 0.1) is 10.2 Å². The molecule has 0 atom stereocenters. The van der Waals surface area contributed by atoms with Crippen LogP contribution in [0.15, 0.2) is 22.7 Å². The molecular formula is C11H14BrF3N2O3S. The van der Waals surface area contributed by atoms with E-state index in [0.717, 1.165) is 6.07 Å². The number of alkyl halides is 3. The van der Waals surface area contributed by atoms with Crippen molar-refractivity contribution in [3.05, 3.63) is 22.7 Å². The molecule has 1 aromatic carbocycles. The minimum absolute atomic E-state index is 0.00768. The van der Waals surface area contributed by atoms with Crippen LogP contribution in [-0.2, 0) is 10.0 Å². The van der Waals surface area contributed by atoms with E-state index in [2.05, 4.69) is 30.7 Å². The molecule has 0 amide bonds. The fourth-order valence-corrected chi connectivity index (χ4v) is 2.85. The van der Waals surface area contributed by atoms with Crippen LogP contribution >= 0.6 is 15.9 Å². The molecule has 120 valence electrons. The van der Waals surface area contributed by atoms with E-state index < -0.39 is 22.1 Å². The van der Waals surface area contributed by atoms with Crippen molar-refractivity contribution >= 4 is 31.6 Å². The molecule has 0 aliphatic carbocycles. The number of rotatable bonds is 7. The Hall–Kier alpha value is -1.00. The summed E-state index contributed by atoms with van der Waals surface area (Å²) >= 11 is 2.90. The Morgan fingerprint density at radius 1 is 1.33 bits per heavy atom. The monoisotopic (exact) mass is 390 g/mol. The number of hydrogen-bond donors (Lipinski definition) is 2. The first kappa shape index (κ1) is 18.1. The Morgan fingerprint density at radius 3 is 2.52 bits per heavy atom. The topological polar surface area (TPSA) is 67.4 Å². The first-order valence-corrected chi connectivity index (χ1v) is 8.34. The quantitative estimate of drug-likeness (QED) is 0.702. The van der Waals surface area contributed by atoms with Gasteiger partial charge in [-0.05, 0) is 40.7 Å². The highest BCUT2D eigenvalue weighted by Gasteiger charge is 2.32. The van der Waals surface area contributed by atoms with Gasteiger partial charge in [0, 0.05) is 12.2 Å². The molecule has 0 fully saturated rings. The average molecular weight is 391 g/mol. The van der Waals surface area contributed by atoms with Crippen molar-refractivity contribution in [1.82, 2.24) is 5.32 Å². The van der Waals surface area contributed by atoms with E-state index in [1.807, 2.05) is 6.92 Å². The van der Waals surface area contributed by atoms with Gasteiger partial charge >= 0.3 is 6.36 Å². The largest absolute Gasteiger partial charge is 0.573 e. The number of hydrogen-bond acceptors (Lipinski definition) is 4. The van der Waals surface area contributed by atoms with Crippen LogP contribution < -0.4 is 14.8 Å².